The van der Waals surface area contributed by atoms with E-state index in [1.807, 2.05) is 6.92 Å². The summed E-state index contributed by atoms with van der Waals surface area (Å²) in [5.74, 6) is -1.40. The highest BCUT2D eigenvalue weighted by Gasteiger charge is 2.21. The summed E-state index contributed by atoms with van der Waals surface area (Å²) in [6.07, 6.45) is 0. The Bertz CT molecular complexity index is 379. The summed E-state index contributed by atoms with van der Waals surface area (Å²) in [5.41, 5.74) is 0.560. The highest BCUT2D eigenvalue weighted by molar-refractivity contribution is 5.85. The molecule has 0 aliphatic carbocycles. The van der Waals surface area contributed by atoms with Gasteiger partial charge in [0.2, 0.25) is 5.91 Å². The molecule has 5 heteroatoms. The molecular formula is C12H16N2O3. The Morgan fingerprint density at radius 1 is 1.29 bits per heavy atom. The zero-order chi connectivity index (χ0) is 12.7. The maximum Gasteiger partial charge on any atom is 0.330 e. The third-order valence-electron chi connectivity index (χ3n) is 2.22. The van der Waals surface area contributed by atoms with Crippen LogP contribution in [0.1, 0.15) is 18.5 Å². The first-order valence-electron chi connectivity index (χ1n) is 5.43. The van der Waals surface area contributed by atoms with Crippen LogP contribution in [0.5, 0.6) is 0 Å². The van der Waals surface area contributed by atoms with E-state index in [0.717, 1.165) is 0 Å². The lowest BCUT2D eigenvalue weighted by atomic mass is 10.1. The molecule has 1 atom stereocenters. The van der Waals surface area contributed by atoms with Crippen LogP contribution < -0.4 is 10.6 Å². The van der Waals surface area contributed by atoms with Crippen LogP contribution in [0.15, 0.2) is 30.3 Å². The minimum absolute atomic E-state index is 0.118. The number of carbonyl (C=O) groups excluding carboxylic acids is 1. The van der Waals surface area contributed by atoms with E-state index >= 15 is 0 Å². The van der Waals surface area contributed by atoms with E-state index in [1.54, 1.807) is 30.3 Å². The number of benzene rings is 1. The Balaban J connectivity index is 2.68. The van der Waals surface area contributed by atoms with Gasteiger partial charge in [-0.05, 0) is 12.1 Å². The molecule has 17 heavy (non-hydrogen) atoms. The molecule has 0 saturated heterocycles. The van der Waals surface area contributed by atoms with Gasteiger partial charge in [-0.15, -0.1) is 0 Å². The lowest BCUT2D eigenvalue weighted by molar-refractivity contribution is -0.141. The summed E-state index contributed by atoms with van der Waals surface area (Å²) >= 11 is 0. The second-order valence-electron chi connectivity index (χ2n) is 3.53. The molecule has 0 radical (unpaired) electrons. The third-order valence-corrected chi connectivity index (χ3v) is 2.22. The van der Waals surface area contributed by atoms with Crippen LogP contribution in [0.3, 0.4) is 0 Å². The molecule has 0 spiro atoms. The largest absolute Gasteiger partial charge is 0.479 e. The number of aliphatic carboxylic acids is 1. The second-order valence-corrected chi connectivity index (χ2v) is 3.53. The van der Waals surface area contributed by atoms with Gasteiger partial charge in [-0.25, -0.2) is 4.79 Å². The molecule has 0 aromatic heterocycles. The molecule has 0 aliphatic heterocycles. The fourth-order valence-electron chi connectivity index (χ4n) is 1.38. The van der Waals surface area contributed by atoms with E-state index < -0.39 is 12.0 Å². The Morgan fingerprint density at radius 3 is 2.47 bits per heavy atom. The fraction of sp³-hybridized carbons (Fsp3) is 0.333. The first-order chi connectivity index (χ1) is 8.15. The molecule has 0 aliphatic rings. The van der Waals surface area contributed by atoms with Crippen molar-refractivity contribution in [3.05, 3.63) is 35.9 Å². The van der Waals surface area contributed by atoms with Crippen molar-refractivity contribution >= 4 is 11.9 Å². The van der Waals surface area contributed by atoms with Crippen molar-refractivity contribution in [3.63, 3.8) is 0 Å². The van der Waals surface area contributed by atoms with Crippen LogP contribution in [-0.2, 0) is 9.59 Å². The van der Waals surface area contributed by atoms with Crippen molar-refractivity contribution in [2.45, 2.75) is 13.0 Å². The van der Waals surface area contributed by atoms with Gasteiger partial charge in [-0.3, -0.25) is 4.79 Å². The number of carboxylic acid groups (broad SMARTS) is 1. The monoisotopic (exact) mass is 236 g/mol. The average molecular weight is 236 g/mol. The molecule has 1 aromatic carbocycles. The van der Waals surface area contributed by atoms with E-state index in [4.69, 9.17) is 5.11 Å². The van der Waals surface area contributed by atoms with Crippen LogP contribution in [0.4, 0.5) is 0 Å². The molecular weight excluding hydrogens is 220 g/mol. The Hall–Kier alpha value is -1.88. The molecule has 92 valence electrons. The summed E-state index contributed by atoms with van der Waals surface area (Å²) in [5, 5.41) is 14.4. The SMILES string of the molecule is CCNCC(=O)NC(C(=O)O)c1ccccc1. The highest BCUT2D eigenvalue weighted by atomic mass is 16.4. The van der Waals surface area contributed by atoms with Crippen LogP contribution in [0.2, 0.25) is 0 Å². The fourth-order valence-corrected chi connectivity index (χ4v) is 1.38. The van der Waals surface area contributed by atoms with Crippen molar-refractivity contribution in [2.24, 2.45) is 0 Å². The van der Waals surface area contributed by atoms with Gasteiger partial charge >= 0.3 is 5.97 Å². The van der Waals surface area contributed by atoms with Gasteiger partial charge in [-0.2, -0.15) is 0 Å². The first-order valence-corrected chi connectivity index (χ1v) is 5.43. The zero-order valence-corrected chi connectivity index (χ0v) is 9.64. The maximum absolute atomic E-state index is 11.5. The van der Waals surface area contributed by atoms with Gasteiger partial charge < -0.3 is 15.7 Å². The van der Waals surface area contributed by atoms with Crippen molar-refractivity contribution in [1.29, 1.82) is 0 Å². The molecule has 1 amide bonds. The van der Waals surface area contributed by atoms with E-state index in [2.05, 4.69) is 10.6 Å². The van der Waals surface area contributed by atoms with Crippen molar-refractivity contribution < 1.29 is 14.7 Å². The lowest BCUT2D eigenvalue weighted by Crippen LogP contribution is -2.39. The predicted octanol–water partition coefficient (Wildman–Crippen LogP) is 0.538. The Labute approximate surface area is 99.8 Å². The molecule has 3 N–H and O–H groups in total. The van der Waals surface area contributed by atoms with Crippen molar-refractivity contribution in [1.82, 2.24) is 10.6 Å². The molecule has 1 aromatic rings. The minimum Gasteiger partial charge on any atom is -0.479 e. The van der Waals surface area contributed by atoms with E-state index in [0.29, 0.717) is 12.1 Å². The summed E-state index contributed by atoms with van der Waals surface area (Å²) in [6, 6.07) is 7.62. The van der Waals surface area contributed by atoms with Crippen LogP contribution in [0, 0.1) is 0 Å². The highest BCUT2D eigenvalue weighted by Crippen LogP contribution is 2.12. The zero-order valence-electron chi connectivity index (χ0n) is 9.64. The van der Waals surface area contributed by atoms with E-state index in [-0.39, 0.29) is 12.5 Å². The average Bonchev–Trinajstić information content (AvgIpc) is 2.34. The Morgan fingerprint density at radius 2 is 1.94 bits per heavy atom. The van der Waals surface area contributed by atoms with Gasteiger partial charge in [0.1, 0.15) is 0 Å². The number of carbonyl (C=O) groups is 2. The van der Waals surface area contributed by atoms with Gasteiger partial charge in [0.15, 0.2) is 6.04 Å². The molecule has 0 saturated carbocycles. The Kier molecular flexibility index (Phi) is 5.16. The van der Waals surface area contributed by atoms with Gasteiger partial charge in [-0.1, -0.05) is 37.3 Å². The standard InChI is InChI=1S/C12H16N2O3/c1-2-13-8-10(15)14-11(12(16)17)9-6-4-3-5-7-9/h3-7,11,13H,2,8H2,1H3,(H,14,15)(H,16,17). The summed E-state index contributed by atoms with van der Waals surface area (Å²) < 4.78 is 0. The summed E-state index contributed by atoms with van der Waals surface area (Å²) in [6.45, 7) is 2.66. The van der Waals surface area contributed by atoms with Gasteiger partial charge in [0.05, 0.1) is 6.54 Å². The third kappa shape index (κ3) is 4.24. The molecule has 0 fully saturated rings. The topological polar surface area (TPSA) is 78.4 Å². The summed E-state index contributed by atoms with van der Waals surface area (Å²) in [4.78, 5) is 22.5. The van der Waals surface area contributed by atoms with Crippen molar-refractivity contribution in [3.8, 4) is 0 Å². The minimum atomic E-state index is -1.07. The number of nitrogens with one attached hydrogen (secondary N) is 2. The lowest BCUT2D eigenvalue weighted by Gasteiger charge is -2.14. The van der Waals surface area contributed by atoms with Gasteiger partial charge in [0, 0.05) is 0 Å². The second kappa shape index (κ2) is 6.65. The smallest absolute Gasteiger partial charge is 0.330 e. The first kappa shape index (κ1) is 13.2. The molecule has 5 nitrogen and oxygen atoms in total. The number of rotatable bonds is 6. The molecule has 0 heterocycles. The van der Waals surface area contributed by atoms with Gasteiger partial charge in [0.25, 0.3) is 0 Å². The molecule has 1 rings (SSSR count). The number of amides is 1. The van der Waals surface area contributed by atoms with Crippen LogP contribution in [0.25, 0.3) is 0 Å². The van der Waals surface area contributed by atoms with Crippen LogP contribution in [-0.4, -0.2) is 30.1 Å². The quantitative estimate of drug-likeness (QED) is 0.673. The van der Waals surface area contributed by atoms with Crippen molar-refractivity contribution in [2.75, 3.05) is 13.1 Å². The maximum atomic E-state index is 11.5. The molecule has 0 bridgehead atoms. The number of hydrogen-bond acceptors (Lipinski definition) is 3. The number of hydrogen-bond donors (Lipinski definition) is 3. The normalized spacial score (nSPS) is 11.8. The van der Waals surface area contributed by atoms with E-state index in [1.165, 1.54) is 0 Å². The van der Waals surface area contributed by atoms with Crippen LogP contribution >= 0.6 is 0 Å². The summed E-state index contributed by atoms with van der Waals surface area (Å²) in [7, 11) is 0. The number of likely N-dealkylation sites (N-methyl/N-ethyl adjacent to an activating group) is 1. The number of carboxylic acids is 1. The molecule has 1 unspecified atom stereocenters. The van der Waals surface area contributed by atoms with E-state index in [9.17, 15) is 9.59 Å². The predicted molar refractivity (Wildman–Crippen MR) is 63.5 cm³/mol.